The average molecular weight is 790 g/mol. The summed E-state index contributed by atoms with van der Waals surface area (Å²) in [7, 11) is 4.86. The van der Waals surface area contributed by atoms with Crippen LogP contribution in [0.15, 0.2) is 146 Å². The van der Waals surface area contributed by atoms with E-state index in [0.717, 1.165) is 22.3 Å². The Morgan fingerprint density at radius 3 is 1.92 bits per heavy atom. The standard InChI is InChI=1S/C47H43N5O7/c1-55-36-20-14-32(15-21-36)39(26-31-10-6-4-7-11-31)46(54)51-44-43-45(49-29-48-44)52(30-50-43)42-27-40(53)41(59-42)28-58-47(33-12-8-5-9-13-33,34-16-22-37(56-2)23-17-34)35-18-24-38(57-3)25-19-35/h4-26,29-30,40-42,53H,27-28H2,1-3H3,(H,48,49,51,54)/b39-26+/t40-,41+,42+/m0/s1. The first-order valence-electron chi connectivity index (χ1n) is 19.1. The van der Waals surface area contributed by atoms with Gasteiger partial charge in [0.15, 0.2) is 17.0 Å². The Bertz CT molecular complexity index is 2480. The van der Waals surface area contributed by atoms with Gasteiger partial charge in [0.1, 0.15) is 41.5 Å². The lowest BCUT2D eigenvalue weighted by atomic mass is 9.80. The van der Waals surface area contributed by atoms with Crippen molar-refractivity contribution in [2.45, 2.75) is 30.5 Å². The summed E-state index contributed by atoms with van der Waals surface area (Å²) in [5, 5.41) is 14.5. The predicted octanol–water partition coefficient (Wildman–Crippen LogP) is 7.69. The fraction of sp³-hybridized carbons (Fsp3) is 0.191. The maximum Gasteiger partial charge on any atom is 0.257 e. The fourth-order valence-corrected chi connectivity index (χ4v) is 7.41. The molecular weight excluding hydrogens is 747 g/mol. The third-order valence-electron chi connectivity index (χ3n) is 10.5. The molecule has 12 heteroatoms. The van der Waals surface area contributed by atoms with Crippen LogP contribution in [0.3, 0.4) is 0 Å². The van der Waals surface area contributed by atoms with Gasteiger partial charge in [0.05, 0.1) is 40.4 Å². The first kappa shape index (κ1) is 39.0. The second-order valence-electron chi connectivity index (χ2n) is 13.9. The Morgan fingerprint density at radius 2 is 1.32 bits per heavy atom. The van der Waals surface area contributed by atoms with Crippen molar-refractivity contribution < 1.29 is 33.6 Å². The quantitative estimate of drug-likeness (QED) is 0.0641. The number of hydrogen-bond acceptors (Lipinski definition) is 10. The number of aliphatic hydroxyl groups excluding tert-OH is 1. The molecule has 3 heterocycles. The minimum atomic E-state index is -1.09. The van der Waals surface area contributed by atoms with E-state index < -0.39 is 24.0 Å². The van der Waals surface area contributed by atoms with Crippen molar-refractivity contribution in [3.05, 3.63) is 174 Å². The lowest BCUT2D eigenvalue weighted by Crippen LogP contribution is -2.38. The summed E-state index contributed by atoms with van der Waals surface area (Å²) in [5.74, 6) is 1.95. The summed E-state index contributed by atoms with van der Waals surface area (Å²) in [6.45, 7) is 0.0371. The number of benzene rings is 5. The first-order valence-corrected chi connectivity index (χ1v) is 19.1. The monoisotopic (exact) mass is 789 g/mol. The molecule has 0 saturated carbocycles. The summed E-state index contributed by atoms with van der Waals surface area (Å²) in [6.07, 6.45) is 2.79. The van der Waals surface area contributed by atoms with E-state index in [4.69, 9.17) is 23.7 Å². The van der Waals surface area contributed by atoms with Crippen LogP contribution in [-0.4, -0.2) is 70.7 Å². The van der Waals surface area contributed by atoms with E-state index in [-0.39, 0.29) is 24.8 Å². The SMILES string of the molecule is COc1ccc(/C(=C\c2ccccc2)C(=O)Nc2ncnc3c2ncn3[C@H]2C[C@H](O)[C@@H](COC(c3ccccc3)(c3ccc(OC)cc3)c3ccc(OC)cc3)O2)cc1. The van der Waals surface area contributed by atoms with Gasteiger partial charge >= 0.3 is 0 Å². The molecule has 0 bridgehead atoms. The maximum absolute atomic E-state index is 14.0. The summed E-state index contributed by atoms with van der Waals surface area (Å²) < 4.78 is 31.6. The van der Waals surface area contributed by atoms with Gasteiger partial charge in [-0.3, -0.25) is 9.36 Å². The topological polar surface area (TPSA) is 139 Å². The number of aromatic nitrogens is 4. The van der Waals surface area contributed by atoms with Gasteiger partial charge < -0.3 is 34.1 Å². The highest BCUT2D eigenvalue weighted by Gasteiger charge is 2.42. The summed E-state index contributed by atoms with van der Waals surface area (Å²) in [4.78, 5) is 27.5. The Balaban J connectivity index is 1.06. The number of rotatable bonds is 14. The Morgan fingerprint density at radius 1 is 0.763 bits per heavy atom. The minimum absolute atomic E-state index is 0.0371. The molecule has 8 rings (SSSR count). The Labute approximate surface area is 341 Å². The number of imidazole rings is 1. The molecule has 1 amide bonds. The van der Waals surface area contributed by atoms with Crippen molar-refractivity contribution in [1.82, 2.24) is 19.5 Å². The van der Waals surface area contributed by atoms with Crippen LogP contribution in [-0.2, 0) is 19.9 Å². The molecule has 1 saturated heterocycles. The molecule has 0 unspecified atom stereocenters. The number of carbonyl (C=O) groups is 1. The van der Waals surface area contributed by atoms with Gasteiger partial charge in [-0.25, -0.2) is 15.0 Å². The zero-order valence-corrected chi connectivity index (χ0v) is 32.8. The van der Waals surface area contributed by atoms with Crippen LogP contribution >= 0.6 is 0 Å². The molecule has 0 spiro atoms. The van der Waals surface area contributed by atoms with Crippen molar-refractivity contribution in [3.8, 4) is 17.2 Å². The summed E-state index contributed by atoms with van der Waals surface area (Å²) in [5.41, 5.74) is 4.29. The number of fused-ring (bicyclic) bond motifs is 1. The molecule has 2 aromatic heterocycles. The van der Waals surface area contributed by atoms with E-state index in [0.29, 0.717) is 39.5 Å². The Kier molecular flexibility index (Phi) is 11.4. The highest BCUT2D eigenvalue weighted by Crippen LogP contribution is 2.43. The van der Waals surface area contributed by atoms with E-state index in [9.17, 15) is 9.90 Å². The molecule has 0 radical (unpaired) electrons. The highest BCUT2D eigenvalue weighted by molar-refractivity contribution is 6.29. The van der Waals surface area contributed by atoms with Gasteiger partial charge in [-0.15, -0.1) is 0 Å². The van der Waals surface area contributed by atoms with Crippen LogP contribution in [0.5, 0.6) is 17.2 Å². The van der Waals surface area contributed by atoms with Gasteiger partial charge in [-0.1, -0.05) is 97.1 Å². The van der Waals surface area contributed by atoms with Gasteiger partial charge in [-0.05, 0) is 70.3 Å². The van der Waals surface area contributed by atoms with Crippen LogP contribution < -0.4 is 19.5 Å². The molecule has 3 atom stereocenters. The third kappa shape index (κ3) is 8.01. The second-order valence-corrected chi connectivity index (χ2v) is 13.9. The molecule has 298 valence electrons. The van der Waals surface area contributed by atoms with E-state index in [1.807, 2.05) is 127 Å². The number of amides is 1. The largest absolute Gasteiger partial charge is 0.497 e. The van der Waals surface area contributed by atoms with Gasteiger partial charge in [0.2, 0.25) is 0 Å². The molecule has 1 aliphatic heterocycles. The molecule has 5 aromatic carbocycles. The van der Waals surface area contributed by atoms with Crippen LogP contribution in [0.2, 0.25) is 0 Å². The zero-order chi connectivity index (χ0) is 40.8. The first-order chi connectivity index (χ1) is 28.9. The number of hydrogen-bond donors (Lipinski definition) is 2. The van der Waals surface area contributed by atoms with Crippen molar-refractivity contribution in [2.24, 2.45) is 0 Å². The van der Waals surface area contributed by atoms with Crippen LogP contribution in [0, 0.1) is 0 Å². The van der Waals surface area contributed by atoms with Gasteiger partial charge in [0.25, 0.3) is 5.91 Å². The van der Waals surface area contributed by atoms with Crippen LogP contribution in [0.4, 0.5) is 5.82 Å². The fourth-order valence-electron chi connectivity index (χ4n) is 7.41. The molecule has 2 N–H and O–H groups in total. The molecule has 0 aliphatic carbocycles. The predicted molar refractivity (Wildman–Crippen MR) is 224 cm³/mol. The zero-order valence-electron chi connectivity index (χ0n) is 32.8. The number of anilines is 1. The van der Waals surface area contributed by atoms with E-state index in [2.05, 4.69) is 20.3 Å². The number of nitrogens with one attached hydrogen (secondary N) is 1. The highest BCUT2D eigenvalue weighted by atomic mass is 16.6. The normalized spacial score (nSPS) is 16.8. The number of methoxy groups -OCH3 is 3. The van der Waals surface area contributed by atoms with E-state index >= 15 is 0 Å². The number of carbonyl (C=O) groups excluding carboxylic acids is 1. The number of ether oxygens (including phenoxy) is 5. The van der Waals surface area contributed by atoms with Crippen molar-refractivity contribution in [3.63, 3.8) is 0 Å². The maximum atomic E-state index is 14.0. The molecule has 59 heavy (non-hydrogen) atoms. The van der Waals surface area contributed by atoms with Gasteiger partial charge in [0, 0.05) is 12.0 Å². The Hall–Kier alpha value is -6.86. The second kappa shape index (κ2) is 17.3. The van der Waals surface area contributed by atoms with Crippen molar-refractivity contribution in [1.29, 1.82) is 0 Å². The molecule has 7 aromatic rings. The molecule has 1 fully saturated rings. The molecule has 1 aliphatic rings. The average Bonchev–Trinajstić information content (AvgIpc) is 3.90. The third-order valence-corrected chi connectivity index (χ3v) is 10.5. The van der Waals surface area contributed by atoms with Crippen LogP contribution in [0.1, 0.15) is 40.5 Å². The van der Waals surface area contributed by atoms with E-state index in [1.165, 1.54) is 6.33 Å². The minimum Gasteiger partial charge on any atom is -0.497 e. The lowest BCUT2D eigenvalue weighted by molar-refractivity contribution is -0.111. The number of aliphatic hydroxyl groups is 1. The molecular formula is C47H43N5O7. The van der Waals surface area contributed by atoms with Gasteiger partial charge in [-0.2, -0.15) is 0 Å². The molecule has 12 nitrogen and oxygen atoms in total. The van der Waals surface area contributed by atoms with Crippen molar-refractivity contribution >= 4 is 34.5 Å². The number of nitrogens with zero attached hydrogens (tertiary/aromatic N) is 4. The summed E-state index contributed by atoms with van der Waals surface area (Å²) >= 11 is 0. The van der Waals surface area contributed by atoms with E-state index in [1.54, 1.807) is 44.4 Å². The lowest BCUT2D eigenvalue weighted by Gasteiger charge is -2.37. The smallest absolute Gasteiger partial charge is 0.257 e. The summed E-state index contributed by atoms with van der Waals surface area (Å²) in [6, 6.07) is 42.4. The van der Waals surface area contributed by atoms with Crippen LogP contribution in [0.25, 0.3) is 22.8 Å². The van der Waals surface area contributed by atoms with Crippen molar-refractivity contribution in [2.75, 3.05) is 33.3 Å².